The molecule has 20 heavy (non-hydrogen) atoms. The van der Waals surface area contributed by atoms with Crippen LogP contribution >= 0.6 is 11.6 Å². The van der Waals surface area contributed by atoms with E-state index in [4.69, 9.17) is 25.8 Å². The number of fused-ring (bicyclic) bond motifs is 1. The van der Waals surface area contributed by atoms with Crippen molar-refractivity contribution in [3.63, 3.8) is 0 Å². The monoisotopic (exact) mass is 299 g/mol. The van der Waals surface area contributed by atoms with Gasteiger partial charge in [-0.3, -0.25) is 0 Å². The first-order valence-electron chi connectivity index (χ1n) is 7.07. The van der Waals surface area contributed by atoms with E-state index in [1.54, 1.807) is 0 Å². The smallest absolute Gasteiger partial charge is 0.179 e. The second kappa shape index (κ2) is 7.72. The van der Waals surface area contributed by atoms with E-state index in [0.717, 1.165) is 30.8 Å². The Bertz CT molecular complexity index is 437. The molecule has 4 nitrogen and oxygen atoms in total. The summed E-state index contributed by atoms with van der Waals surface area (Å²) in [6, 6.07) is 3.91. The highest BCUT2D eigenvalue weighted by atomic mass is 35.5. The Morgan fingerprint density at radius 3 is 2.90 bits per heavy atom. The molecule has 1 heterocycles. The van der Waals surface area contributed by atoms with E-state index in [-0.39, 0.29) is 6.10 Å². The van der Waals surface area contributed by atoms with E-state index in [1.165, 1.54) is 0 Å². The summed E-state index contributed by atoms with van der Waals surface area (Å²) < 4.78 is 16.8. The van der Waals surface area contributed by atoms with Gasteiger partial charge in [0, 0.05) is 19.5 Å². The zero-order chi connectivity index (χ0) is 14.4. The molecule has 0 bridgehead atoms. The molecule has 0 saturated heterocycles. The Morgan fingerprint density at radius 1 is 1.30 bits per heavy atom. The van der Waals surface area contributed by atoms with E-state index < -0.39 is 0 Å². The van der Waals surface area contributed by atoms with Crippen LogP contribution in [0.1, 0.15) is 25.8 Å². The SMILES string of the molecule is CC(C)OCCNCc1cc(Cl)c2c(c1)OCCCO2. The molecule has 1 aromatic carbocycles. The van der Waals surface area contributed by atoms with Crippen LogP contribution in [0.5, 0.6) is 11.5 Å². The van der Waals surface area contributed by atoms with Gasteiger partial charge in [0.1, 0.15) is 0 Å². The van der Waals surface area contributed by atoms with Crippen LogP contribution in [0.2, 0.25) is 5.02 Å². The summed E-state index contributed by atoms with van der Waals surface area (Å²) in [5, 5.41) is 3.94. The number of hydrogen-bond acceptors (Lipinski definition) is 4. The van der Waals surface area contributed by atoms with Crippen LogP contribution < -0.4 is 14.8 Å². The summed E-state index contributed by atoms with van der Waals surface area (Å²) in [6.07, 6.45) is 1.15. The molecule has 5 heteroatoms. The lowest BCUT2D eigenvalue weighted by Gasteiger charge is -2.12. The number of rotatable bonds is 6. The van der Waals surface area contributed by atoms with Crippen molar-refractivity contribution < 1.29 is 14.2 Å². The van der Waals surface area contributed by atoms with E-state index in [2.05, 4.69) is 5.32 Å². The summed E-state index contributed by atoms with van der Waals surface area (Å²) in [5.74, 6) is 1.40. The van der Waals surface area contributed by atoms with Gasteiger partial charge in [0.15, 0.2) is 11.5 Å². The third-order valence-corrected chi connectivity index (χ3v) is 3.20. The lowest BCUT2D eigenvalue weighted by atomic mass is 10.2. The Morgan fingerprint density at radius 2 is 2.10 bits per heavy atom. The van der Waals surface area contributed by atoms with Gasteiger partial charge in [0.05, 0.1) is 30.9 Å². The van der Waals surface area contributed by atoms with Gasteiger partial charge in [-0.25, -0.2) is 0 Å². The number of nitrogens with one attached hydrogen (secondary N) is 1. The third-order valence-electron chi connectivity index (χ3n) is 2.92. The van der Waals surface area contributed by atoms with Gasteiger partial charge in [-0.2, -0.15) is 0 Å². The quantitative estimate of drug-likeness (QED) is 0.820. The molecule has 0 radical (unpaired) electrons. The van der Waals surface area contributed by atoms with E-state index in [0.29, 0.717) is 30.6 Å². The van der Waals surface area contributed by atoms with E-state index in [9.17, 15) is 0 Å². The maximum Gasteiger partial charge on any atom is 0.179 e. The molecule has 1 aliphatic heterocycles. The minimum atomic E-state index is 0.268. The fourth-order valence-electron chi connectivity index (χ4n) is 1.99. The molecule has 112 valence electrons. The van der Waals surface area contributed by atoms with Crippen LogP contribution in [0.3, 0.4) is 0 Å². The van der Waals surface area contributed by atoms with E-state index in [1.807, 2.05) is 26.0 Å². The average molecular weight is 300 g/mol. The molecule has 0 spiro atoms. The highest BCUT2D eigenvalue weighted by Crippen LogP contribution is 2.37. The summed E-state index contributed by atoms with van der Waals surface area (Å²) >= 11 is 6.24. The highest BCUT2D eigenvalue weighted by molar-refractivity contribution is 6.32. The molecule has 1 aromatic rings. The molecule has 0 unspecified atom stereocenters. The minimum absolute atomic E-state index is 0.268. The molecule has 1 aliphatic rings. The Labute approximate surface area is 125 Å². The van der Waals surface area contributed by atoms with Crippen molar-refractivity contribution in [3.05, 3.63) is 22.7 Å². The van der Waals surface area contributed by atoms with Crippen molar-refractivity contribution in [2.24, 2.45) is 0 Å². The molecule has 1 N–H and O–H groups in total. The van der Waals surface area contributed by atoms with Crippen molar-refractivity contribution in [1.82, 2.24) is 5.32 Å². The summed E-state index contributed by atoms with van der Waals surface area (Å²) in [6.45, 7) is 7.63. The fraction of sp³-hybridized carbons (Fsp3) is 0.600. The number of ether oxygens (including phenoxy) is 3. The topological polar surface area (TPSA) is 39.7 Å². The van der Waals surface area contributed by atoms with Crippen molar-refractivity contribution in [3.8, 4) is 11.5 Å². The van der Waals surface area contributed by atoms with Gasteiger partial charge < -0.3 is 19.5 Å². The van der Waals surface area contributed by atoms with Crippen LogP contribution in [-0.4, -0.2) is 32.5 Å². The van der Waals surface area contributed by atoms with Crippen LogP contribution in [0, 0.1) is 0 Å². The summed E-state index contributed by atoms with van der Waals surface area (Å²) in [4.78, 5) is 0. The fourth-order valence-corrected chi connectivity index (χ4v) is 2.27. The van der Waals surface area contributed by atoms with Crippen LogP contribution in [0.15, 0.2) is 12.1 Å². The summed E-state index contributed by atoms with van der Waals surface area (Å²) in [5.41, 5.74) is 1.09. The first-order chi connectivity index (χ1) is 9.66. The second-order valence-corrected chi connectivity index (χ2v) is 5.46. The second-order valence-electron chi connectivity index (χ2n) is 5.05. The van der Waals surface area contributed by atoms with Crippen LogP contribution in [-0.2, 0) is 11.3 Å². The maximum atomic E-state index is 6.24. The molecular weight excluding hydrogens is 278 g/mol. The average Bonchev–Trinajstić information content (AvgIpc) is 2.63. The van der Waals surface area contributed by atoms with Crippen LogP contribution in [0.25, 0.3) is 0 Å². The van der Waals surface area contributed by atoms with Gasteiger partial charge in [0.2, 0.25) is 0 Å². The summed E-state index contributed by atoms with van der Waals surface area (Å²) in [7, 11) is 0. The first kappa shape index (κ1) is 15.4. The van der Waals surface area contributed by atoms with Crippen molar-refractivity contribution in [2.75, 3.05) is 26.4 Å². The zero-order valence-corrected chi connectivity index (χ0v) is 12.8. The zero-order valence-electron chi connectivity index (χ0n) is 12.1. The van der Waals surface area contributed by atoms with Crippen molar-refractivity contribution >= 4 is 11.6 Å². The molecule has 0 aromatic heterocycles. The molecule has 0 fully saturated rings. The van der Waals surface area contributed by atoms with Gasteiger partial charge in [-0.05, 0) is 31.5 Å². The first-order valence-corrected chi connectivity index (χ1v) is 7.45. The molecule has 0 saturated carbocycles. The molecule has 0 atom stereocenters. The lowest BCUT2D eigenvalue weighted by Crippen LogP contribution is -2.21. The largest absolute Gasteiger partial charge is 0.489 e. The third kappa shape index (κ3) is 4.54. The number of benzene rings is 1. The number of hydrogen-bond donors (Lipinski definition) is 1. The Balaban J connectivity index is 1.89. The normalized spacial score (nSPS) is 14.4. The van der Waals surface area contributed by atoms with Crippen LogP contribution in [0.4, 0.5) is 0 Å². The highest BCUT2D eigenvalue weighted by Gasteiger charge is 2.15. The van der Waals surface area contributed by atoms with Gasteiger partial charge in [-0.15, -0.1) is 0 Å². The Kier molecular flexibility index (Phi) is 5.95. The Hall–Kier alpha value is -0.970. The van der Waals surface area contributed by atoms with Crippen molar-refractivity contribution in [2.45, 2.75) is 32.9 Å². The molecule has 2 rings (SSSR count). The van der Waals surface area contributed by atoms with Gasteiger partial charge in [-0.1, -0.05) is 11.6 Å². The molecule has 0 amide bonds. The van der Waals surface area contributed by atoms with Crippen molar-refractivity contribution in [1.29, 1.82) is 0 Å². The molecule has 0 aliphatic carbocycles. The van der Waals surface area contributed by atoms with Gasteiger partial charge >= 0.3 is 0 Å². The lowest BCUT2D eigenvalue weighted by molar-refractivity contribution is 0.0807. The minimum Gasteiger partial charge on any atom is -0.489 e. The standard InChI is InChI=1S/C15H22ClNO3/c1-11(2)18-7-4-17-10-12-8-13(16)15-14(9-12)19-5-3-6-20-15/h8-9,11,17H,3-7,10H2,1-2H3. The predicted octanol–water partition coefficient (Wildman–Crippen LogP) is 3.02. The predicted molar refractivity (Wildman–Crippen MR) is 79.9 cm³/mol. The van der Waals surface area contributed by atoms with Gasteiger partial charge in [0.25, 0.3) is 0 Å². The molecular formula is C15H22ClNO3. The number of halogens is 1. The van der Waals surface area contributed by atoms with E-state index >= 15 is 0 Å². The maximum absolute atomic E-state index is 6.24.